The van der Waals surface area contributed by atoms with Gasteiger partial charge >= 0.3 is 0 Å². The van der Waals surface area contributed by atoms with Gasteiger partial charge in [0.2, 0.25) is 0 Å². The zero-order chi connectivity index (χ0) is 26.4. The van der Waals surface area contributed by atoms with E-state index in [1.165, 1.54) is 5.56 Å². The molecule has 2 heterocycles. The third-order valence-electron chi connectivity index (χ3n) is 6.93. The molecule has 0 radical (unpaired) electrons. The number of carbonyl (C=O) groups is 2. The molecule has 2 aromatic carbocycles. The van der Waals surface area contributed by atoms with E-state index in [0.717, 1.165) is 31.6 Å². The van der Waals surface area contributed by atoms with Gasteiger partial charge in [-0.3, -0.25) is 14.5 Å². The first-order valence-corrected chi connectivity index (χ1v) is 12.9. The molecule has 2 saturated heterocycles. The average Bonchev–Trinajstić information content (AvgIpc) is 3.17. The van der Waals surface area contributed by atoms with Crippen LogP contribution in [-0.2, 0) is 14.3 Å². The number of Topliss-reactive ketones (excluding diaryl/α,β-unsaturated/α-hetero) is 1. The number of carbonyl (C=O) groups excluding carboxylic acids is 2. The Morgan fingerprint density at radius 3 is 2.38 bits per heavy atom. The third kappa shape index (κ3) is 6.12. The van der Waals surface area contributed by atoms with Gasteiger partial charge in [-0.2, -0.15) is 0 Å². The predicted molar refractivity (Wildman–Crippen MR) is 144 cm³/mol. The second-order valence-corrected chi connectivity index (χ2v) is 9.75. The fourth-order valence-electron chi connectivity index (χ4n) is 4.83. The molecule has 0 aromatic heterocycles. The van der Waals surface area contributed by atoms with E-state index in [0.29, 0.717) is 43.6 Å². The molecule has 2 aliphatic rings. The molecular weight excluding hydrogens is 468 g/mol. The number of morpholine rings is 1. The second-order valence-electron chi connectivity index (χ2n) is 9.75. The maximum absolute atomic E-state index is 13.3. The summed E-state index contributed by atoms with van der Waals surface area (Å²) in [6, 6.07) is 14.2. The standard InChI is InChI=1S/C30H36N2O5/c1-4-18-37-25-12-10-24(11-13-25)28(33)26-27(23-8-6-22(7-9-23)21(2)3)32(30(35)29(26)34)15-5-14-31-16-19-36-20-17-31/h4,6-13,21,27,33H,1,5,14-20H2,2-3H3/b28-26-. The molecule has 37 heavy (non-hydrogen) atoms. The van der Waals surface area contributed by atoms with Crippen molar-refractivity contribution >= 4 is 17.4 Å². The van der Waals surface area contributed by atoms with Gasteiger partial charge in [-0.25, -0.2) is 0 Å². The van der Waals surface area contributed by atoms with Gasteiger partial charge in [0.05, 0.1) is 24.8 Å². The largest absolute Gasteiger partial charge is 0.507 e. The molecule has 196 valence electrons. The Morgan fingerprint density at radius 2 is 1.76 bits per heavy atom. The van der Waals surface area contributed by atoms with Crippen LogP contribution in [0.4, 0.5) is 0 Å². The van der Waals surface area contributed by atoms with Crippen molar-refractivity contribution in [3.8, 4) is 5.75 Å². The number of likely N-dealkylation sites (tertiary alicyclic amines) is 1. The molecule has 4 rings (SSSR count). The van der Waals surface area contributed by atoms with Crippen molar-refractivity contribution in [1.82, 2.24) is 9.80 Å². The number of hydrogen-bond acceptors (Lipinski definition) is 6. The minimum atomic E-state index is -0.659. The van der Waals surface area contributed by atoms with Gasteiger partial charge in [-0.1, -0.05) is 50.8 Å². The summed E-state index contributed by atoms with van der Waals surface area (Å²) < 4.78 is 11.0. The third-order valence-corrected chi connectivity index (χ3v) is 6.93. The molecule has 0 saturated carbocycles. The highest BCUT2D eigenvalue weighted by molar-refractivity contribution is 6.46. The molecule has 2 fully saturated rings. The SMILES string of the molecule is C=CCOc1ccc(/C(O)=C2/C(=O)C(=O)N(CCCN3CCOCC3)C2c2ccc(C(C)C)cc2)cc1. The maximum Gasteiger partial charge on any atom is 0.295 e. The molecule has 0 spiro atoms. The zero-order valence-electron chi connectivity index (χ0n) is 21.7. The Kier molecular flexibility index (Phi) is 8.79. The molecule has 0 bridgehead atoms. The van der Waals surface area contributed by atoms with E-state index in [2.05, 4.69) is 25.3 Å². The lowest BCUT2D eigenvalue weighted by atomic mass is 9.93. The van der Waals surface area contributed by atoms with Crippen LogP contribution in [0.25, 0.3) is 5.76 Å². The molecule has 2 aliphatic heterocycles. The van der Waals surface area contributed by atoms with Crippen molar-refractivity contribution in [2.24, 2.45) is 0 Å². The summed E-state index contributed by atoms with van der Waals surface area (Å²) in [5, 5.41) is 11.3. The molecule has 7 nitrogen and oxygen atoms in total. The quantitative estimate of drug-likeness (QED) is 0.222. The highest BCUT2D eigenvalue weighted by atomic mass is 16.5. The Balaban J connectivity index is 1.65. The van der Waals surface area contributed by atoms with Crippen molar-refractivity contribution in [3.63, 3.8) is 0 Å². The normalized spacial score (nSPS) is 20.0. The zero-order valence-corrected chi connectivity index (χ0v) is 21.7. The Bertz CT molecular complexity index is 1130. The van der Waals surface area contributed by atoms with Crippen LogP contribution in [0.3, 0.4) is 0 Å². The summed E-state index contributed by atoms with van der Waals surface area (Å²) in [6.45, 7) is 12.6. The van der Waals surface area contributed by atoms with Crippen LogP contribution in [0.15, 0.2) is 66.8 Å². The van der Waals surface area contributed by atoms with Crippen molar-refractivity contribution < 1.29 is 24.2 Å². The summed E-state index contributed by atoms with van der Waals surface area (Å²) >= 11 is 0. The molecule has 0 aliphatic carbocycles. The van der Waals surface area contributed by atoms with Crippen LogP contribution in [0.2, 0.25) is 0 Å². The number of aliphatic hydroxyl groups is 1. The van der Waals surface area contributed by atoms with Gasteiger partial charge in [0.25, 0.3) is 11.7 Å². The number of nitrogens with zero attached hydrogens (tertiary/aromatic N) is 2. The van der Waals surface area contributed by atoms with Gasteiger partial charge in [0.1, 0.15) is 18.1 Å². The van der Waals surface area contributed by atoms with Crippen LogP contribution >= 0.6 is 0 Å². The van der Waals surface area contributed by atoms with E-state index in [-0.39, 0.29) is 11.3 Å². The minimum absolute atomic E-state index is 0.119. The second kappa shape index (κ2) is 12.2. The molecule has 1 unspecified atom stereocenters. The van der Waals surface area contributed by atoms with E-state index in [9.17, 15) is 14.7 Å². The Labute approximate surface area is 219 Å². The summed E-state index contributed by atoms with van der Waals surface area (Å²) in [6.07, 6.45) is 2.38. The van der Waals surface area contributed by atoms with Crippen LogP contribution in [0.5, 0.6) is 5.75 Å². The summed E-state index contributed by atoms with van der Waals surface area (Å²) in [4.78, 5) is 30.4. The lowest BCUT2D eigenvalue weighted by Crippen LogP contribution is -2.38. The number of ketones is 1. The lowest BCUT2D eigenvalue weighted by molar-refractivity contribution is -0.140. The number of hydrogen-bond donors (Lipinski definition) is 1. The first kappa shape index (κ1) is 26.6. The van der Waals surface area contributed by atoms with Gasteiger partial charge in [0.15, 0.2) is 0 Å². The smallest absolute Gasteiger partial charge is 0.295 e. The average molecular weight is 505 g/mol. The number of aliphatic hydroxyl groups excluding tert-OH is 1. The molecule has 1 atom stereocenters. The number of benzene rings is 2. The van der Waals surface area contributed by atoms with Crippen LogP contribution in [0.1, 0.15) is 48.9 Å². The fourth-order valence-corrected chi connectivity index (χ4v) is 4.83. The number of amides is 1. The fraction of sp³-hybridized carbons (Fsp3) is 0.400. The van der Waals surface area contributed by atoms with E-state index >= 15 is 0 Å². The highest BCUT2D eigenvalue weighted by Gasteiger charge is 2.45. The van der Waals surface area contributed by atoms with Crippen molar-refractivity contribution in [2.45, 2.75) is 32.2 Å². The van der Waals surface area contributed by atoms with Gasteiger partial charge in [0, 0.05) is 31.7 Å². The molecule has 2 aromatic rings. The van der Waals surface area contributed by atoms with E-state index in [4.69, 9.17) is 9.47 Å². The van der Waals surface area contributed by atoms with Gasteiger partial charge in [-0.15, -0.1) is 0 Å². The van der Waals surface area contributed by atoms with Crippen molar-refractivity contribution in [2.75, 3.05) is 46.0 Å². The maximum atomic E-state index is 13.3. The number of rotatable bonds is 10. The van der Waals surface area contributed by atoms with Crippen molar-refractivity contribution in [3.05, 3.63) is 83.4 Å². The van der Waals surface area contributed by atoms with Crippen LogP contribution < -0.4 is 4.74 Å². The first-order valence-electron chi connectivity index (χ1n) is 12.9. The molecule has 1 N–H and O–H groups in total. The van der Waals surface area contributed by atoms with Crippen LogP contribution in [-0.4, -0.2) is 72.6 Å². The Hall–Kier alpha value is -3.42. The molecule has 7 heteroatoms. The number of ether oxygens (including phenoxy) is 2. The summed E-state index contributed by atoms with van der Waals surface area (Å²) in [5.74, 6) is -0.431. The van der Waals surface area contributed by atoms with Crippen molar-refractivity contribution in [1.29, 1.82) is 0 Å². The van der Waals surface area contributed by atoms with Gasteiger partial charge in [-0.05, 0) is 47.7 Å². The van der Waals surface area contributed by atoms with Crippen LogP contribution in [0, 0.1) is 0 Å². The summed E-state index contributed by atoms with van der Waals surface area (Å²) in [5.41, 5.74) is 2.56. The Morgan fingerprint density at radius 1 is 1.08 bits per heavy atom. The monoisotopic (exact) mass is 504 g/mol. The topological polar surface area (TPSA) is 79.3 Å². The highest BCUT2D eigenvalue weighted by Crippen LogP contribution is 2.40. The summed E-state index contributed by atoms with van der Waals surface area (Å²) in [7, 11) is 0. The van der Waals surface area contributed by atoms with E-state index in [1.807, 2.05) is 24.3 Å². The van der Waals surface area contributed by atoms with E-state index in [1.54, 1.807) is 35.2 Å². The van der Waals surface area contributed by atoms with E-state index < -0.39 is 17.7 Å². The molecular formula is C30H36N2O5. The minimum Gasteiger partial charge on any atom is -0.507 e. The predicted octanol–water partition coefficient (Wildman–Crippen LogP) is 4.52. The lowest BCUT2D eigenvalue weighted by Gasteiger charge is -2.29. The van der Waals surface area contributed by atoms with Gasteiger partial charge < -0.3 is 19.5 Å². The molecule has 1 amide bonds. The first-order chi connectivity index (χ1) is 17.9.